The Morgan fingerprint density at radius 3 is 1.33 bits per heavy atom. The van der Waals surface area contributed by atoms with E-state index in [0.29, 0.717) is 0 Å². The SMILES string of the molecule is Br.Br.Br.Br.C#C.CN(C)c1ccccc1. The molecule has 0 saturated carbocycles. The quantitative estimate of drug-likeness (QED) is 0.553. The first-order valence-corrected chi connectivity index (χ1v) is 3.36. The zero-order valence-corrected chi connectivity index (χ0v) is 15.5. The van der Waals surface area contributed by atoms with Gasteiger partial charge in [-0.3, -0.25) is 0 Å². The topological polar surface area (TPSA) is 3.24 Å². The summed E-state index contributed by atoms with van der Waals surface area (Å²) >= 11 is 0. The Kier molecular flexibility index (Phi) is 39.4. The molecule has 0 aliphatic carbocycles. The van der Waals surface area contributed by atoms with Crippen molar-refractivity contribution in [1.82, 2.24) is 0 Å². The lowest BCUT2D eigenvalue weighted by Gasteiger charge is -2.10. The minimum Gasteiger partial charge on any atom is -0.378 e. The summed E-state index contributed by atoms with van der Waals surface area (Å²) in [6.45, 7) is 0. The highest BCUT2D eigenvalue weighted by atomic mass is 79.9. The molecule has 0 atom stereocenters. The largest absolute Gasteiger partial charge is 0.378 e. The number of anilines is 1. The van der Waals surface area contributed by atoms with Crippen LogP contribution in [0.25, 0.3) is 0 Å². The maximum absolute atomic E-state index is 4.00. The molecule has 1 aromatic carbocycles. The maximum Gasteiger partial charge on any atom is 0.0360 e. The molecular weight excluding hydrogens is 454 g/mol. The van der Waals surface area contributed by atoms with Crippen LogP contribution in [0.5, 0.6) is 0 Å². The average Bonchev–Trinajstić information content (AvgIpc) is 2.10. The summed E-state index contributed by atoms with van der Waals surface area (Å²) in [6.07, 6.45) is 8.00. The van der Waals surface area contributed by atoms with Gasteiger partial charge in [0.05, 0.1) is 0 Å². The highest BCUT2D eigenvalue weighted by Gasteiger charge is 1.87. The zero-order valence-electron chi connectivity index (χ0n) is 8.62. The van der Waals surface area contributed by atoms with Crippen molar-refractivity contribution < 1.29 is 0 Å². The van der Waals surface area contributed by atoms with Crippen LogP contribution in [0.4, 0.5) is 5.69 Å². The van der Waals surface area contributed by atoms with Gasteiger partial charge in [0.15, 0.2) is 0 Å². The first-order valence-electron chi connectivity index (χ1n) is 3.36. The molecular formula is C10H17Br4N. The molecule has 0 saturated heterocycles. The van der Waals surface area contributed by atoms with Crippen LogP contribution in [-0.4, -0.2) is 14.1 Å². The number of halogens is 4. The van der Waals surface area contributed by atoms with Crippen molar-refractivity contribution in [3.05, 3.63) is 30.3 Å². The molecule has 0 aliphatic heterocycles. The lowest BCUT2D eigenvalue weighted by molar-refractivity contribution is 1.13. The van der Waals surface area contributed by atoms with E-state index in [1.807, 2.05) is 32.3 Å². The second-order valence-electron chi connectivity index (χ2n) is 2.23. The third kappa shape index (κ3) is 14.5. The molecule has 1 rings (SSSR count). The van der Waals surface area contributed by atoms with E-state index in [1.54, 1.807) is 0 Å². The number of benzene rings is 1. The van der Waals surface area contributed by atoms with Gasteiger partial charge in [-0.15, -0.1) is 80.8 Å². The Bertz CT molecular complexity index is 211. The third-order valence-corrected chi connectivity index (χ3v) is 1.27. The highest BCUT2D eigenvalue weighted by molar-refractivity contribution is 8.93. The van der Waals surface area contributed by atoms with Crippen LogP contribution in [0.15, 0.2) is 30.3 Å². The monoisotopic (exact) mass is 467 g/mol. The summed E-state index contributed by atoms with van der Waals surface area (Å²) in [5.41, 5.74) is 1.25. The first kappa shape index (κ1) is 29.6. The van der Waals surface area contributed by atoms with Crippen LogP contribution in [0, 0.1) is 12.8 Å². The van der Waals surface area contributed by atoms with Gasteiger partial charge in [-0.25, -0.2) is 0 Å². The molecule has 15 heavy (non-hydrogen) atoms. The van der Waals surface area contributed by atoms with Crippen molar-refractivity contribution in [3.8, 4) is 12.8 Å². The first-order chi connectivity index (χ1) is 5.30. The van der Waals surface area contributed by atoms with Gasteiger partial charge in [-0.1, -0.05) is 18.2 Å². The minimum absolute atomic E-state index is 0. The van der Waals surface area contributed by atoms with E-state index < -0.39 is 0 Å². The van der Waals surface area contributed by atoms with E-state index in [9.17, 15) is 0 Å². The van der Waals surface area contributed by atoms with E-state index >= 15 is 0 Å². The average molecular weight is 471 g/mol. The minimum atomic E-state index is 0. The molecule has 0 N–H and O–H groups in total. The third-order valence-electron chi connectivity index (χ3n) is 1.27. The van der Waals surface area contributed by atoms with Gasteiger partial charge in [-0.2, -0.15) is 0 Å². The van der Waals surface area contributed by atoms with Crippen molar-refractivity contribution in [2.45, 2.75) is 0 Å². The van der Waals surface area contributed by atoms with Gasteiger partial charge in [-0.05, 0) is 12.1 Å². The van der Waals surface area contributed by atoms with Crippen molar-refractivity contribution in [1.29, 1.82) is 0 Å². The number of para-hydroxylation sites is 1. The summed E-state index contributed by atoms with van der Waals surface area (Å²) in [5, 5.41) is 0. The van der Waals surface area contributed by atoms with E-state index in [0.717, 1.165) is 0 Å². The summed E-state index contributed by atoms with van der Waals surface area (Å²) in [5.74, 6) is 0. The molecule has 0 heterocycles. The molecule has 0 radical (unpaired) electrons. The van der Waals surface area contributed by atoms with E-state index in [-0.39, 0.29) is 67.9 Å². The molecule has 0 aliphatic rings. The van der Waals surface area contributed by atoms with Crippen molar-refractivity contribution in [3.63, 3.8) is 0 Å². The van der Waals surface area contributed by atoms with E-state index in [1.165, 1.54) is 5.69 Å². The number of terminal acetylenes is 1. The van der Waals surface area contributed by atoms with Gasteiger partial charge >= 0.3 is 0 Å². The van der Waals surface area contributed by atoms with Crippen LogP contribution < -0.4 is 4.90 Å². The van der Waals surface area contributed by atoms with Gasteiger partial charge < -0.3 is 4.90 Å². The van der Waals surface area contributed by atoms with Crippen LogP contribution >= 0.6 is 67.9 Å². The molecule has 0 aromatic heterocycles. The smallest absolute Gasteiger partial charge is 0.0360 e. The molecule has 1 nitrogen and oxygen atoms in total. The predicted octanol–water partition coefficient (Wildman–Crippen LogP) is 4.31. The highest BCUT2D eigenvalue weighted by Crippen LogP contribution is 2.07. The zero-order chi connectivity index (χ0) is 8.69. The van der Waals surface area contributed by atoms with Crippen LogP contribution in [0.2, 0.25) is 0 Å². The number of hydrogen-bond acceptors (Lipinski definition) is 1. The van der Waals surface area contributed by atoms with Gasteiger partial charge in [0.1, 0.15) is 0 Å². The van der Waals surface area contributed by atoms with Gasteiger partial charge in [0.25, 0.3) is 0 Å². The maximum atomic E-state index is 4.00. The lowest BCUT2D eigenvalue weighted by atomic mass is 10.3. The van der Waals surface area contributed by atoms with Crippen molar-refractivity contribution >= 4 is 73.6 Å². The number of rotatable bonds is 1. The van der Waals surface area contributed by atoms with Crippen molar-refractivity contribution in [2.24, 2.45) is 0 Å². The van der Waals surface area contributed by atoms with Crippen molar-refractivity contribution in [2.75, 3.05) is 19.0 Å². The molecule has 0 amide bonds. The Morgan fingerprint density at radius 2 is 1.13 bits per heavy atom. The van der Waals surface area contributed by atoms with E-state index in [4.69, 9.17) is 0 Å². The van der Waals surface area contributed by atoms with Crippen LogP contribution in [0.3, 0.4) is 0 Å². The lowest BCUT2D eigenvalue weighted by Crippen LogP contribution is -2.07. The number of hydrogen-bond donors (Lipinski definition) is 0. The standard InChI is InChI=1S/C8H11N.C2H2.4BrH/c1-9(2)8-6-4-3-5-7-8;1-2;;;;/h3-7H,1-2H3;1-2H;4*1H. The molecule has 0 unspecified atom stereocenters. The Morgan fingerprint density at radius 1 is 0.800 bits per heavy atom. The van der Waals surface area contributed by atoms with E-state index in [2.05, 4.69) is 29.9 Å². The normalized spacial score (nSPS) is 5.60. The summed E-state index contributed by atoms with van der Waals surface area (Å²) in [6, 6.07) is 10.3. The molecule has 5 heteroatoms. The molecule has 0 spiro atoms. The molecule has 90 valence electrons. The number of nitrogens with zero attached hydrogens (tertiary/aromatic N) is 1. The summed E-state index contributed by atoms with van der Waals surface area (Å²) in [4.78, 5) is 2.08. The van der Waals surface area contributed by atoms with Gasteiger partial charge in [0.2, 0.25) is 0 Å². The molecule has 0 fully saturated rings. The van der Waals surface area contributed by atoms with Gasteiger partial charge in [0, 0.05) is 19.8 Å². The predicted molar refractivity (Wildman–Crippen MR) is 91.9 cm³/mol. The van der Waals surface area contributed by atoms with Crippen LogP contribution in [-0.2, 0) is 0 Å². The summed E-state index contributed by atoms with van der Waals surface area (Å²) < 4.78 is 0. The fourth-order valence-corrected chi connectivity index (χ4v) is 0.726. The van der Waals surface area contributed by atoms with Crippen LogP contribution in [0.1, 0.15) is 0 Å². The second kappa shape index (κ2) is 20.0. The second-order valence-corrected chi connectivity index (χ2v) is 2.23. The fraction of sp³-hybridized carbons (Fsp3) is 0.200. The Labute approximate surface area is 135 Å². The summed E-state index contributed by atoms with van der Waals surface area (Å²) in [7, 11) is 4.07. The molecule has 1 aromatic rings. The Hall–Kier alpha value is 0.500. The Balaban J connectivity index is -0.0000000526. The molecule has 0 bridgehead atoms. The fourth-order valence-electron chi connectivity index (χ4n) is 0.726.